The van der Waals surface area contributed by atoms with Crippen molar-refractivity contribution in [1.29, 1.82) is 0 Å². The van der Waals surface area contributed by atoms with Crippen LogP contribution in [0.3, 0.4) is 0 Å². The summed E-state index contributed by atoms with van der Waals surface area (Å²) in [6.45, 7) is 8.35. The topological polar surface area (TPSA) is 91.0 Å². The normalized spacial score (nSPS) is 15.8. The number of amides is 3. The van der Waals surface area contributed by atoms with Crippen molar-refractivity contribution in [2.24, 2.45) is 11.3 Å². The molecule has 0 aliphatic carbocycles. The van der Waals surface area contributed by atoms with Crippen LogP contribution in [0.2, 0.25) is 0 Å². The molecule has 1 aliphatic heterocycles. The minimum absolute atomic E-state index is 0.00396. The predicted octanol–water partition coefficient (Wildman–Crippen LogP) is 2.21. The minimum Gasteiger partial charge on any atom is -0.497 e. The quantitative estimate of drug-likeness (QED) is 0.559. The molecule has 0 spiro atoms. The molecule has 2 rings (SSSR count). The van der Waals surface area contributed by atoms with E-state index in [9.17, 15) is 14.4 Å². The fraction of sp³-hybridized carbons (Fsp3) is 0.640. The van der Waals surface area contributed by atoms with Crippen LogP contribution in [-0.2, 0) is 14.4 Å². The number of methoxy groups -OCH3 is 1. The lowest BCUT2D eigenvalue weighted by Crippen LogP contribution is -2.46. The Kier molecular flexibility index (Phi) is 9.70. The van der Waals surface area contributed by atoms with E-state index in [4.69, 9.17) is 4.74 Å². The third-order valence-electron chi connectivity index (χ3n) is 5.98. The first-order valence-corrected chi connectivity index (χ1v) is 11.6. The highest BCUT2D eigenvalue weighted by Gasteiger charge is 2.30. The lowest BCUT2D eigenvalue weighted by molar-refractivity contribution is -0.136. The molecule has 1 aromatic rings. The Balaban J connectivity index is 1.88. The number of carbonyl (C=O) groups is 3. The predicted molar refractivity (Wildman–Crippen MR) is 129 cm³/mol. The van der Waals surface area contributed by atoms with E-state index in [1.165, 1.54) is 6.92 Å². The number of nitrogens with one attached hydrogen (secondary N) is 2. The van der Waals surface area contributed by atoms with Crippen LogP contribution in [0.25, 0.3) is 0 Å². The third kappa shape index (κ3) is 8.68. The number of rotatable bonds is 10. The van der Waals surface area contributed by atoms with Crippen molar-refractivity contribution in [3.8, 4) is 5.75 Å². The largest absolute Gasteiger partial charge is 0.497 e. The van der Waals surface area contributed by atoms with Gasteiger partial charge >= 0.3 is 0 Å². The lowest BCUT2D eigenvalue weighted by Gasteiger charge is -2.33. The summed E-state index contributed by atoms with van der Waals surface area (Å²) in [6.07, 6.45) is 1.49. The Morgan fingerprint density at radius 3 is 2.27 bits per heavy atom. The zero-order valence-corrected chi connectivity index (χ0v) is 20.9. The molecule has 1 heterocycles. The molecular formula is C25H40N4O4. The Bertz CT molecular complexity index is 799. The highest BCUT2D eigenvalue weighted by molar-refractivity contribution is 5.81. The molecule has 8 heteroatoms. The average molecular weight is 461 g/mol. The Morgan fingerprint density at radius 2 is 1.76 bits per heavy atom. The summed E-state index contributed by atoms with van der Waals surface area (Å²) < 4.78 is 5.19. The SMILES string of the molecule is COc1ccc(C(CC(=O)N2CCC(C(=O)NCC(C)(C)CN(C)C)CC2)NC(C)=O)cc1. The summed E-state index contributed by atoms with van der Waals surface area (Å²) in [6, 6.07) is 6.96. The third-order valence-corrected chi connectivity index (χ3v) is 5.98. The monoisotopic (exact) mass is 460 g/mol. The van der Waals surface area contributed by atoms with E-state index in [-0.39, 0.29) is 35.5 Å². The Morgan fingerprint density at radius 1 is 1.15 bits per heavy atom. The van der Waals surface area contributed by atoms with Crippen LogP contribution in [0.4, 0.5) is 0 Å². The van der Waals surface area contributed by atoms with E-state index in [1.54, 1.807) is 12.0 Å². The van der Waals surface area contributed by atoms with Crippen molar-refractivity contribution in [3.05, 3.63) is 29.8 Å². The maximum Gasteiger partial charge on any atom is 0.224 e. The van der Waals surface area contributed by atoms with Crippen LogP contribution in [0.1, 0.15) is 51.6 Å². The number of piperidine rings is 1. The number of hydrogen-bond acceptors (Lipinski definition) is 5. The van der Waals surface area contributed by atoms with Gasteiger partial charge in [0, 0.05) is 39.0 Å². The van der Waals surface area contributed by atoms with Crippen LogP contribution < -0.4 is 15.4 Å². The molecule has 1 aromatic carbocycles. The average Bonchev–Trinajstić information content (AvgIpc) is 2.76. The molecule has 0 aromatic heterocycles. The number of nitrogens with zero attached hydrogens (tertiary/aromatic N) is 2. The standard InChI is InChI=1S/C25H40N4O4/c1-18(30)27-22(19-7-9-21(33-6)10-8-19)15-23(31)29-13-11-20(12-14-29)24(32)26-16-25(2,3)17-28(4)5/h7-10,20,22H,11-17H2,1-6H3,(H,26,32)(H,27,30). The van der Waals surface area contributed by atoms with Crippen molar-refractivity contribution < 1.29 is 19.1 Å². The van der Waals surface area contributed by atoms with Gasteiger partial charge in [-0.05, 0) is 50.0 Å². The van der Waals surface area contributed by atoms with Gasteiger partial charge < -0.3 is 25.2 Å². The van der Waals surface area contributed by atoms with Crippen molar-refractivity contribution in [3.63, 3.8) is 0 Å². The molecule has 33 heavy (non-hydrogen) atoms. The molecule has 1 aliphatic rings. The smallest absolute Gasteiger partial charge is 0.224 e. The van der Waals surface area contributed by atoms with Gasteiger partial charge in [-0.15, -0.1) is 0 Å². The number of likely N-dealkylation sites (tertiary alicyclic amines) is 1. The van der Waals surface area contributed by atoms with E-state index in [2.05, 4.69) is 29.4 Å². The van der Waals surface area contributed by atoms with Gasteiger partial charge in [-0.2, -0.15) is 0 Å². The van der Waals surface area contributed by atoms with Gasteiger partial charge in [-0.1, -0.05) is 26.0 Å². The zero-order chi connectivity index (χ0) is 24.6. The van der Waals surface area contributed by atoms with E-state index in [1.807, 2.05) is 38.4 Å². The summed E-state index contributed by atoms with van der Waals surface area (Å²) in [5.41, 5.74) is 0.852. The van der Waals surface area contributed by atoms with E-state index in [0.717, 1.165) is 17.9 Å². The van der Waals surface area contributed by atoms with Gasteiger partial charge in [-0.3, -0.25) is 14.4 Å². The minimum atomic E-state index is -0.402. The number of carbonyl (C=O) groups excluding carboxylic acids is 3. The van der Waals surface area contributed by atoms with Crippen LogP contribution in [0.15, 0.2) is 24.3 Å². The van der Waals surface area contributed by atoms with Crippen LogP contribution in [-0.4, -0.2) is 74.9 Å². The lowest BCUT2D eigenvalue weighted by atomic mass is 9.91. The molecule has 1 fully saturated rings. The first-order valence-electron chi connectivity index (χ1n) is 11.6. The van der Waals surface area contributed by atoms with Gasteiger partial charge in [0.1, 0.15) is 5.75 Å². The molecule has 1 saturated heterocycles. The molecule has 2 N–H and O–H groups in total. The van der Waals surface area contributed by atoms with Gasteiger partial charge in [0.2, 0.25) is 17.7 Å². The maximum atomic E-state index is 13.0. The summed E-state index contributed by atoms with van der Waals surface area (Å²) in [5.74, 6) is 0.518. The Labute approximate surface area is 198 Å². The van der Waals surface area contributed by atoms with Gasteiger partial charge in [-0.25, -0.2) is 0 Å². The van der Waals surface area contributed by atoms with Crippen LogP contribution in [0.5, 0.6) is 5.75 Å². The van der Waals surface area contributed by atoms with E-state index in [0.29, 0.717) is 32.5 Å². The molecule has 0 saturated carbocycles. The molecule has 0 bridgehead atoms. The van der Waals surface area contributed by atoms with Crippen molar-refractivity contribution >= 4 is 17.7 Å². The second-order valence-electron chi connectivity index (χ2n) is 10.0. The van der Waals surface area contributed by atoms with E-state index >= 15 is 0 Å². The number of hydrogen-bond donors (Lipinski definition) is 2. The second-order valence-corrected chi connectivity index (χ2v) is 10.0. The van der Waals surface area contributed by atoms with Gasteiger partial charge in [0.05, 0.1) is 19.6 Å². The van der Waals surface area contributed by atoms with E-state index < -0.39 is 6.04 Å². The number of benzene rings is 1. The second kappa shape index (κ2) is 12.0. The molecule has 3 amide bonds. The first kappa shape index (κ1) is 26.6. The molecule has 184 valence electrons. The highest BCUT2D eigenvalue weighted by Crippen LogP contribution is 2.24. The van der Waals surface area contributed by atoms with Gasteiger partial charge in [0.15, 0.2) is 0 Å². The summed E-state index contributed by atoms with van der Waals surface area (Å²) >= 11 is 0. The molecule has 1 unspecified atom stereocenters. The van der Waals surface area contributed by atoms with Crippen molar-refractivity contribution in [2.75, 3.05) is 47.4 Å². The molecule has 0 radical (unpaired) electrons. The first-order chi connectivity index (χ1) is 15.5. The summed E-state index contributed by atoms with van der Waals surface area (Å²) in [7, 11) is 5.65. The Hall–Kier alpha value is -2.61. The summed E-state index contributed by atoms with van der Waals surface area (Å²) in [4.78, 5) is 41.3. The van der Waals surface area contributed by atoms with Crippen LogP contribution in [0, 0.1) is 11.3 Å². The number of ether oxygens (including phenoxy) is 1. The van der Waals surface area contributed by atoms with Crippen molar-refractivity contribution in [1.82, 2.24) is 20.4 Å². The highest BCUT2D eigenvalue weighted by atomic mass is 16.5. The zero-order valence-electron chi connectivity index (χ0n) is 20.9. The van der Waals surface area contributed by atoms with Crippen LogP contribution >= 0.6 is 0 Å². The molecule has 1 atom stereocenters. The fourth-order valence-electron chi connectivity index (χ4n) is 4.41. The van der Waals surface area contributed by atoms with Crippen molar-refractivity contribution in [2.45, 2.75) is 46.1 Å². The fourth-order valence-corrected chi connectivity index (χ4v) is 4.41. The van der Waals surface area contributed by atoms with Gasteiger partial charge in [0.25, 0.3) is 0 Å². The maximum absolute atomic E-state index is 13.0. The molecule has 8 nitrogen and oxygen atoms in total. The molecular weight excluding hydrogens is 420 g/mol. The summed E-state index contributed by atoms with van der Waals surface area (Å²) in [5, 5.41) is 5.98.